The van der Waals surface area contributed by atoms with E-state index in [1.54, 1.807) is 19.2 Å². The van der Waals surface area contributed by atoms with Gasteiger partial charge in [-0.1, -0.05) is 12.1 Å². The Morgan fingerprint density at radius 2 is 1.95 bits per heavy atom. The molecule has 2 rings (SSSR count). The van der Waals surface area contributed by atoms with Gasteiger partial charge in [0.1, 0.15) is 0 Å². The monoisotopic (exact) mass is 312 g/mol. The number of hydrogen-bond donors (Lipinski definition) is 2. The summed E-state index contributed by atoms with van der Waals surface area (Å²) in [4.78, 5) is 12.0. The Bertz CT molecular complexity index is 601. The van der Waals surface area contributed by atoms with E-state index < -0.39 is 10.0 Å². The minimum Gasteiger partial charge on any atom is -0.378 e. The zero-order valence-corrected chi connectivity index (χ0v) is 12.8. The Hall–Kier alpha value is -1.44. The van der Waals surface area contributed by atoms with Crippen molar-refractivity contribution in [1.82, 2.24) is 5.32 Å². The van der Waals surface area contributed by atoms with Crippen LogP contribution < -0.4 is 10.5 Å². The molecule has 0 heterocycles. The highest BCUT2D eigenvalue weighted by Crippen LogP contribution is 2.37. The fourth-order valence-corrected chi connectivity index (χ4v) is 2.89. The molecular formula is C14H20N2O4S. The number of sulfonamides is 1. The third kappa shape index (κ3) is 4.03. The average molecular weight is 312 g/mol. The van der Waals surface area contributed by atoms with Crippen LogP contribution in [0.25, 0.3) is 0 Å². The first kappa shape index (κ1) is 15.9. The van der Waals surface area contributed by atoms with E-state index in [1.165, 1.54) is 12.1 Å². The van der Waals surface area contributed by atoms with E-state index in [0.717, 1.165) is 24.8 Å². The lowest BCUT2D eigenvalue weighted by Crippen LogP contribution is -2.43. The van der Waals surface area contributed by atoms with E-state index in [1.807, 2.05) is 0 Å². The summed E-state index contributed by atoms with van der Waals surface area (Å²) < 4.78 is 27.7. The molecular weight excluding hydrogens is 292 g/mol. The van der Waals surface area contributed by atoms with Gasteiger partial charge in [-0.3, -0.25) is 4.79 Å². The topological polar surface area (TPSA) is 98.5 Å². The predicted octanol–water partition coefficient (Wildman–Crippen LogP) is 0.909. The standard InChI is InChI=1S/C14H20N2O4S/c1-20-14(7-2-8-14)9-13(17)16-10-11-3-5-12(6-4-11)21(15,18)19/h3-6H,2,7-10H2,1H3,(H,16,17)(H2,15,18,19). The number of hydrogen-bond acceptors (Lipinski definition) is 4. The zero-order chi connectivity index (χ0) is 15.5. The van der Waals surface area contributed by atoms with E-state index in [0.29, 0.717) is 13.0 Å². The van der Waals surface area contributed by atoms with Crippen molar-refractivity contribution in [3.63, 3.8) is 0 Å². The number of primary sulfonamides is 1. The number of nitrogens with one attached hydrogen (secondary N) is 1. The SMILES string of the molecule is COC1(CC(=O)NCc2ccc(S(N)(=O)=O)cc2)CCC1. The summed E-state index contributed by atoms with van der Waals surface area (Å²) in [5.41, 5.74) is 0.525. The molecule has 1 aromatic rings. The van der Waals surface area contributed by atoms with Gasteiger partial charge in [0.25, 0.3) is 0 Å². The Balaban J connectivity index is 1.87. The van der Waals surface area contributed by atoms with Crippen LogP contribution in [0, 0.1) is 0 Å². The van der Waals surface area contributed by atoms with Gasteiger partial charge in [0.05, 0.1) is 16.9 Å². The summed E-state index contributed by atoms with van der Waals surface area (Å²) in [6.45, 7) is 0.351. The lowest BCUT2D eigenvalue weighted by molar-refractivity contribution is -0.134. The maximum atomic E-state index is 11.9. The van der Waals surface area contributed by atoms with Gasteiger partial charge in [-0.25, -0.2) is 13.6 Å². The highest BCUT2D eigenvalue weighted by Gasteiger charge is 2.38. The molecule has 0 spiro atoms. The smallest absolute Gasteiger partial charge is 0.238 e. The molecule has 1 saturated carbocycles. The van der Waals surface area contributed by atoms with E-state index in [4.69, 9.17) is 9.88 Å². The first-order chi connectivity index (χ1) is 9.85. The summed E-state index contributed by atoms with van der Waals surface area (Å²) in [6, 6.07) is 6.13. The molecule has 0 radical (unpaired) electrons. The molecule has 3 N–H and O–H groups in total. The van der Waals surface area contributed by atoms with Gasteiger partial charge in [-0.15, -0.1) is 0 Å². The fourth-order valence-electron chi connectivity index (χ4n) is 2.38. The number of carbonyl (C=O) groups is 1. The van der Waals surface area contributed by atoms with E-state index in [9.17, 15) is 13.2 Å². The highest BCUT2D eigenvalue weighted by atomic mass is 32.2. The van der Waals surface area contributed by atoms with Gasteiger partial charge in [-0.05, 0) is 37.0 Å². The van der Waals surface area contributed by atoms with Gasteiger partial charge in [-0.2, -0.15) is 0 Å². The summed E-state index contributed by atoms with van der Waals surface area (Å²) >= 11 is 0. The van der Waals surface area contributed by atoms with Crippen molar-refractivity contribution in [2.45, 2.75) is 42.7 Å². The predicted molar refractivity (Wildman–Crippen MR) is 77.9 cm³/mol. The lowest BCUT2D eigenvalue weighted by atomic mass is 9.77. The van der Waals surface area contributed by atoms with Gasteiger partial charge < -0.3 is 10.1 Å². The van der Waals surface area contributed by atoms with Crippen LogP contribution in [0.5, 0.6) is 0 Å². The molecule has 1 aromatic carbocycles. The second kappa shape index (κ2) is 6.13. The molecule has 0 bridgehead atoms. The largest absolute Gasteiger partial charge is 0.378 e. The molecule has 1 fully saturated rings. The first-order valence-electron chi connectivity index (χ1n) is 6.78. The molecule has 1 aliphatic carbocycles. The number of nitrogens with two attached hydrogens (primary N) is 1. The van der Waals surface area contributed by atoms with Crippen LogP contribution in [0.2, 0.25) is 0 Å². The molecule has 0 aliphatic heterocycles. The van der Waals surface area contributed by atoms with E-state index in [2.05, 4.69) is 5.32 Å². The maximum absolute atomic E-state index is 11.9. The van der Waals surface area contributed by atoms with Crippen LogP contribution in [0.1, 0.15) is 31.2 Å². The third-order valence-corrected chi connectivity index (χ3v) is 4.85. The van der Waals surface area contributed by atoms with Crippen molar-refractivity contribution in [1.29, 1.82) is 0 Å². The Morgan fingerprint density at radius 1 is 1.33 bits per heavy atom. The second-order valence-corrected chi connectivity index (χ2v) is 6.94. The number of rotatable bonds is 6. The Morgan fingerprint density at radius 3 is 2.38 bits per heavy atom. The first-order valence-corrected chi connectivity index (χ1v) is 8.33. The molecule has 21 heavy (non-hydrogen) atoms. The fraction of sp³-hybridized carbons (Fsp3) is 0.500. The molecule has 0 saturated heterocycles. The van der Waals surface area contributed by atoms with Gasteiger partial charge in [0.2, 0.25) is 15.9 Å². The van der Waals surface area contributed by atoms with Crippen LogP contribution in [-0.2, 0) is 26.1 Å². The quantitative estimate of drug-likeness (QED) is 0.815. The van der Waals surface area contributed by atoms with Crippen molar-refractivity contribution < 1.29 is 17.9 Å². The summed E-state index contributed by atoms with van der Waals surface area (Å²) in [7, 11) is -2.04. The van der Waals surface area contributed by atoms with E-state index in [-0.39, 0.29) is 16.4 Å². The molecule has 116 valence electrons. The number of carbonyl (C=O) groups excluding carboxylic acids is 1. The molecule has 0 atom stereocenters. The van der Waals surface area contributed by atoms with Crippen LogP contribution >= 0.6 is 0 Å². The highest BCUT2D eigenvalue weighted by molar-refractivity contribution is 7.89. The second-order valence-electron chi connectivity index (χ2n) is 5.38. The van der Waals surface area contributed by atoms with Crippen molar-refractivity contribution in [2.24, 2.45) is 5.14 Å². The summed E-state index contributed by atoms with van der Waals surface area (Å²) in [5, 5.41) is 7.84. The Labute approximate surface area is 124 Å². The number of benzene rings is 1. The summed E-state index contributed by atoms with van der Waals surface area (Å²) in [5.74, 6) is -0.0629. The minimum atomic E-state index is -3.68. The molecule has 0 unspecified atom stereocenters. The third-order valence-electron chi connectivity index (χ3n) is 3.92. The molecule has 0 aromatic heterocycles. The van der Waals surface area contributed by atoms with Gasteiger partial charge >= 0.3 is 0 Å². The van der Waals surface area contributed by atoms with Crippen LogP contribution in [-0.4, -0.2) is 27.0 Å². The Kier molecular flexibility index (Phi) is 4.65. The van der Waals surface area contributed by atoms with Crippen molar-refractivity contribution in [3.8, 4) is 0 Å². The average Bonchev–Trinajstić information content (AvgIpc) is 2.40. The van der Waals surface area contributed by atoms with Crippen LogP contribution in [0.3, 0.4) is 0 Å². The number of ether oxygens (including phenoxy) is 1. The number of amides is 1. The normalized spacial score (nSPS) is 17.0. The van der Waals surface area contributed by atoms with Gasteiger partial charge in [0, 0.05) is 13.7 Å². The zero-order valence-electron chi connectivity index (χ0n) is 12.0. The van der Waals surface area contributed by atoms with Crippen molar-refractivity contribution in [3.05, 3.63) is 29.8 Å². The van der Waals surface area contributed by atoms with Crippen LogP contribution in [0.4, 0.5) is 0 Å². The molecule has 6 nitrogen and oxygen atoms in total. The minimum absolute atomic E-state index is 0.0605. The van der Waals surface area contributed by atoms with Gasteiger partial charge in [0.15, 0.2) is 0 Å². The van der Waals surface area contributed by atoms with E-state index >= 15 is 0 Å². The summed E-state index contributed by atoms with van der Waals surface area (Å²) in [6.07, 6.45) is 3.29. The number of methoxy groups -OCH3 is 1. The van der Waals surface area contributed by atoms with Crippen LogP contribution in [0.15, 0.2) is 29.2 Å². The molecule has 7 heteroatoms. The lowest BCUT2D eigenvalue weighted by Gasteiger charge is -2.39. The van der Waals surface area contributed by atoms with Crippen molar-refractivity contribution >= 4 is 15.9 Å². The van der Waals surface area contributed by atoms with Crippen molar-refractivity contribution in [2.75, 3.05) is 7.11 Å². The molecule has 1 aliphatic rings. The maximum Gasteiger partial charge on any atom is 0.238 e. The molecule has 1 amide bonds.